The van der Waals surface area contributed by atoms with E-state index in [1.54, 1.807) is 11.3 Å². The van der Waals surface area contributed by atoms with Crippen molar-refractivity contribution >= 4 is 48.7 Å². The number of hydrogen-bond donors (Lipinski definition) is 0. The van der Waals surface area contributed by atoms with Crippen LogP contribution in [0, 0.1) is 12.1 Å². The van der Waals surface area contributed by atoms with Gasteiger partial charge in [0.05, 0.1) is 0 Å². The largest absolute Gasteiger partial charge is 2.00 e. The Hall–Kier alpha value is -3.33. The van der Waals surface area contributed by atoms with Crippen molar-refractivity contribution in [3.05, 3.63) is 127 Å². The Morgan fingerprint density at radius 2 is 1.36 bits per heavy atom. The Bertz CT molecular complexity index is 1570. The smallest absolute Gasteiger partial charge is 0.314 e. The average Bonchev–Trinajstić information content (AvgIpc) is 3.28. The Balaban J connectivity index is 0.00000267. The van der Waals surface area contributed by atoms with Gasteiger partial charge in [0, 0.05) is 29.2 Å². The molecule has 178 valence electrons. The second-order valence-electron chi connectivity index (χ2n) is 9.00. The molecule has 0 saturated heterocycles. The number of fused-ring (bicyclic) bond motifs is 3. The number of thiophene rings is 1. The molecule has 0 atom stereocenters. The summed E-state index contributed by atoms with van der Waals surface area (Å²) in [4.78, 5) is 11.4. The van der Waals surface area contributed by atoms with Gasteiger partial charge >= 0.3 is 21.1 Å². The zero-order valence-corrected chi connectivity index (χ0v) is 23.0. The Morgan fingerprint density at radius 3 is 2.06 bits per heavy atom. The first-order valence-corrected chi connectivity index (χ1v) is 12.4. The first-order valence-electron chi connectivity index (χ1n) is 11.6. The number of hydrogen-bond acceptors (Lipinski definition) is 4. The minimum atomic E-state index is -0.259. The van der Waals surface area contributed by atoms with E-state index in [4.69, 9.17) is 0 Å². The van der Waals surface area contributed by atoms with E-state index < -0.39 is 0 Å². The maximum atomic E-state index is 4.64. The third-order valence-electron chi connectivity index (χ3n) is 6.38. The van der Waals surface area contributed by atoms with Gasteiger partial charge in [-0.3, -0.25) is 16.3 Å². The van der Waals surface area contributed by atoms with Crippen LogP contribution in [-0.2, 0) is 26.5 Å². The average molecular weight is 665 g/mol. The molecule has 0 amide bonds. The summed E-state index contributed by atoms with van der Waals surface area (Å²) in [5.74, 6) is 0.856. The molecule has 0 bridgehead atoms. The van der Waals surface area contributed by atoms with Crippen molar-refractivity contribution in [2.24, 2.45) is 0 Å². The summed E-state index contributed by atoms with van der Waals surface area (Å²) in [7, 11) is 0. The van der Waals surface area contributed by atoms with Gasteiger partial charge < -0.3 is 4.90 Å². The van der Waals surface area contributed by atoms with Gasteiger partial charge in [-0.25, -0.2) is 15.8 Å². The predicted molar refractivity (Wildman–Crippen MR) is 146 cm³/mol. The molecule has 0 unspecified atom stereocenters. The van der Waals surface area contributed by atoms with Crippen molar-refractivity contribution in [3.8, 4) is 0 Å². The van der Waals surface area contributed by atoms with Crippen molar-refractivity contribution in [2.75, 3.05) is 4.90 Å². The standard InChI is InChI=1S/C31H23N3S.Pt/c1-31(2,29-12-6-8-18-32-29)22-14-16-27-25(20-22)26-21-24(15-17-28(26)35-27)34(23-10-4-3-5-11-23)30-13-7-9-19-33-30;/h3-19H,1-2H3;/q-2;+2. The molecule has 36 heavy (non-hydrogen) atoms. The van der Waals surface area contributed by atoms with Crippen LogP contribution in [-0.4, -0.2) is 9.97 Å². The first kappa shape index (κ1) is 24.4. The van der Waals surface area contributed by atoms with Crippen LogP contribution in [0.4, 0.5) is 17.2 Å². The van der Waals surface area contributed by atoms with E-state index in [2.05, 4.69) is 83.3 Å². The second kappa shape index (κ2) is 9.97. The topological polar surface area (TPSA) is 29.0 Å². The fraction of sp³-hybridized carbons (Fsp3) is 0.0968. The molecular weight excluding hydrogens is 642 g/mol. The third-order valence-corrected chi connectivity index (χ3v) is 7.50. The minimum absolute atomic E-state index is 0. The molecule has 0 saturated carbocycles. The Labute approximate surface area is 229 Å². The Morgan fingerprint density at radius 1 is 0.694 bits per heavy atom. The van der Waals surface area contributed by atoms with Crippen molar-refractivity contribution in [1.82, 2.24) is 9.97 Å². The van der Waals surface area contributed by atoms with Gasteiger partial charge in [-0.15, -0.1) is 39.2 Å². The quantitative estimate of drug-likeness (QED) is 0.174. The van der Waals surface area contributed by atoms with Crippen LogP contribution in [0.1, 0.15) is 25.1 Å². The van der Waals surface area contributed by atoms with Crippen LogP contribution in [0.3, 0.4) is 0 Å². The second-order valence-corrected chi connectivity index (χ2v) is 10.1. The molecule has 6 rings (SSSR count). The minimum Gasteiger partial charge on any atom is -0.314 e. The zero-order chi connectivity index (χ0) is 23.8. The Kier molecular flexibility index (Phi) is 6.75. The summed E-state index contributed by atoms with van der Waals surface area (Å²) in [6.07, 6.45) is 3.68. The predicted octanol–water partition coefficient (Wildman–Crippen LogP) is 8.24. The molecule has 0 N–H and O–H groups in total. The number of aromatic nitrogens is 2. The molecule has 0 aliphatic carbocycles. The van der Waals surface area contributed by atoms with Gasteiger partial charge in [-0.1, -0.05) is 44.2 Å². The van der Waals surface area contributed by atoms with E-state index in [9.17, 15) is 0 Å². The summed E-state index contributed by atoms with van der Waals surface area (Å²) in [6.45, 7) is 4.41. The SMILES string of the molecule is CC(C)(c1[c-]c2c(cc1)sc1ccc(N(c3ccccc3)c3ccccn3)[c-]c12)c1ccccn1.[Pt+2]. The molecule has 0 aliphatic heterocycles. The maximum Gasteiger partial charge on any atom is 2.00 e. The van der Waals surface area contributed by atoms with Gasteiger partial charge in [0.25, 0.3) is 0 Å². The van der Waals surface area contributed by atoms with E-state index in [-0.39, 0.29) is 26.5 Å². The van der Waals surface area contributed by atoms with Crippen molar-refractivity contribution < 1.29 is 21.1 Å². The van der Waals surface area contributed by atoms with Crippen LogP contribution in [0.5, 0.6) is 0 Å². The molecular formula is C31H23N3PtS. The molecule has 5 heteroatoms. The third kappa shape index (κ3) is 4.36. The molecule has 3 nitrogen and oxygen atoms in total. The van der Waals surface area contributed by atoms with Crippen LogP contribution >= 0.6 is 11.3 Å². The maximum absolute atomic E-state index is 4.64. The summed E-state index contributed by atoms with van der Waals surface area (Å²) < 4.78 is 2.40. The van der Waals surface area contributed by atoms with Gasteiger partial charge in [-0.05, 0) is 42.1 Å². The number of nitrogens with zero attached hydrogens (tertiary/aromatic N) is 3. The fourth-order valence-electron chi connectivity index (χ4n) is 4.43. The van der Waals surface area contributed by atoms with Crippen LogP contribution in [0.2, 0.25) is 0 Å². The van der Waals surface area contributed by atoms with E-state index in [1.165, 1.54) is 9.40 Å². The first-order chi connectivity index (χ1) is 17.1. The number of pyridine rings is 2. The van der Waals surface area contributed by atoms with Crippen molar-refractivity contribution in [1.29, 1.82) is 0 Å². The molecule has 0 radical (unpaired) electrons. The van der Waals surface area contributed by atoms with Crippen LogP contribution < -0.4 is 4.90 Å². The van der Waals surface area contributed by atoms with E-state index in [1.807, 2.05) is 60.9 Å². The summed E-state index contributed by atoms with van der Waals surface area (Å²) in [5, 5.41) is 2.18. The zero-order valence-electron chi connectivity index (χ0n) is 19.9. The monoisotopic (exact) mass is 664 g/mol. The molecule has 3 aromatic carbocycles. The van der Waals surface area contributed by atoms with Gasteiger partial charge in [0.2, 0.25) is 0 Å². The molecule has 0 fully saturated rings. The number of rotatable bonds is 5. The van der Waals surface area contributed by atoms with E-state index in [0.717, 1.165) is 39.2 Å². The van der Waals surface area contributed by atoms with Crippen molar-refractivity contribution in [3.63, 3.8) is 0 Å². The van der Waals surface area contributed by atoms with E-state index >= 15 is 0 Å². The van der Waals surface area contributed by atoms with Crippen LogP contribution in [0.25, 0.3) is 20.2 Å². The number of benzene rings is 3. The van der Waals surface area contributed by atoms with Gasteiger partial charge in [-0.2, -0.15) is 12.1 Å². The van der Waals surface area contributed by atoms with Gasteiger partial charge in [0.1, 0.15) is 5.82 Å². The fourth-order valence-corrected chi connectivity index (χ4v) is 5.45. The van der Waals surface area contributed by atoms with Crippen molar-refractivity contribution in [2.45, 2.75) is 19.3 Å². The molecule has 0 aliphatic rings. The molecule has 3 heterocycles. The normalized spacial score (nSPS) is 11.4. The summed E-state index contributed by atoms with van der Waals surface area (Å²) >= 11 is 1.78. The van der Waals surface area contributed by atoms with Gasteiger partial charge in [0.15, 0.2) is 0 Å². The summed E-state index contributed by atoms with van der Waals surface area (Å²) in [6, 6.07) is 38.5. The molecule has 3 aromatic heterocycles. The number of para-hydroxylation sites is 1. The number of anilines is 3. The summed E-state index contributed by atoms with van der Waals surface area (Å²) in [5.41, 5.74) is 3.88. The molecule has 0 spiro atoms. The van der Waals surface area contributed by atoms with E-state index in [0.29, 0.717) is 0 Å². The molecule has 6 aromatic rings. The van der Waals surface area contributed by atoms with Crippen LogP contribution in [0.15, 0.2) is 103 Å².